The molecule has 0 bridgehead atoms. The quantitative estimate of drug-likeness (QED) is 0.488. The zero-order valence-corrected chi connectivity index (χ0v) is 12.0. The van der Waals surface area contributed by atoms with Crippen LogP contribution < -0.4 is 0 Å². The summed E-state index contributed by atoms with van der Waals surface area (Å²) in [5.41, 5.74) is 1.03. The lowest BCUT2D eigenvalue weighted by Gasteiger charge is -2.05. The van der Waals surface area contributed by atoms with Crippen LogP contribution in [-0.4, -0.2) is 25.0 Å². The molecule has 0 N–H and O–H groups in total. The minimum atomic E-state index is -0.310. The van der Waals surface area contributed by atoms with Crippen molar-refractivity contribution in [2.24, 2.45) is 0 Å². The zero-order chi connectivity index (χ0) is 14.6. The molecule has 0 aliphatic rings. The normalized spacial score (nSPS) is 10.2. The molecular weight excluding hydrogens is 256 g/mol. The lowest BCUT2D eigenvalue weighted by Crippen LogP contribution is -2.12. The summed E-state index contributed by atoms with van der Waals surface area (Å²) in [4.78, 5) is 22.8. The van der Waals surface area contributed by atoms with Crippen LogP contribution in [0.2, 0.25) is 0 Å². The third-order valence-electron chi connectivity index (χ3n) is 2.74. The summed E-state index contributed by atoms with van der Waals surface area (Å²) in [7, 11) is 0. The highest BCUT2D eigenvalue weighted by Crippen LogP contribution is 2.02. The minimum absolute atomic E-state index is 0.0388. The number of ether oxygens (including phenoxy) is 2. The molecule has 1 aromatic carbocycles. The molecule has 0 atom stereocenters. The molecule has 4 heteroatoms. The predicted octanol–water partition coefficient (Wildman–Crippen LogP) is 2.90. The average Bonchev–Trinajstić information content (AvgIpc) is 2.46. The number of Topliss-reactive ketones (excluding diaryl/α,β-unsaturated/α-hetero) is 1. The number of rotatable bonds is 10. The lowest BCUT2D eigenvalue weighted by molar-refractivity contribution is -0.145. The Labute approximate surface area is 120 Å². The zero-order valence-electron chi connectivity index (χ0n) is 12.0. The van der Waals surface area contributed by atoms with Gasteiger partial charge < -0.3 is 9.47 Å². The fourth-order valence-electron chi connectivity index (χ4n) is 1.57. The Morgan fingerprint density at radius 3 is 2.55 bits per heavy atom. The van der Waals surface area contributed by atoms with Crippen molar-refractivity contribution >= 4 is 11.8 Å². The summed E-state index contributed by atoms with van der Waals surface area (Å²) >= 11 is 0. The van der Waals surface area contributed by atoms with Gasteiger partial charge in [-0.05, 0) is 12.0 Å². The molecule has 0 aromatic heterocycles. The molecule has 0 radical (unpaired) electrons. The van der Waals surface area contributed by atoms with Crippen LogP contribution in [0.25, 0.3) is 0 Å². The number of carbonyl (C=O) groups excluding carboxylic acids is 2. The van der Waals surface area contributed by atoms with Crippen LogP contribution in [0.1, 0.15) is 38.2 Å². The van der Waals surface area contributed by atoms with Crippen LogP contribution >= 0.6 is 0 Å². The Kier molecular flexibility index (Phi) is 8.31. The van der Waals surface area contributed by atoms with Crippen molar-refractivity contribution in [2.75, 3.05) is 13.2 Å². The molecule has 0 saturated heterocycles. The Morgan fingerprint density at radius 1 is 1.10 bits per heavy atom. The molecule has 110 valence electrons. The van der Waals surface area contributed by atoms with Crippen LogP contribution in [-0.2, 0) is 25.7 Å². The van der Waals surface area contributed by atoms with Crippen LogP contribution in [0.4, 0.5) is 0 Å². The number of hydrogen-bond donors (Lipinski definition) is 0. The van der Waals surface area contributed by atoms with Gasteiger partial charge in [0.1, 0.15) is 6.61 Å². The third-order valence-corrected chi connectivity index (χ3v) is 2.74. The van der Waals surface area contributed by atoms with Crippen molar-refractivity contribution in [3.05, 3.63) is 35.9 Å². The van der Waals surface area contributed by atoms with Crippen molar-refractivity contribution < 1.29 is 19.1 Å². The summed E-state index contributed by atoms with van der Waals surface area (Å²) in [6, 6.07) is 9.66. The van der Waals surface area contributed by atoms with E-state index in [1.54, 1.807) is 0 Å². The highest BCUT2D eigenvalue weighted by atomic mass is 16.5. The van der Waals surface area contributed by atoms with E-state index in [2.05, 4.69) is 0 Å². The largest absolute Gasteiger partial charge is 0.466 e. The summed E-state index contributed by atoms with van der Waals surface area (Å²) in [5, 5.41) is 0. The number of unbranched alkanes of at least 4 members (excludes halogenated alkanes) is 1. The van der Waals surface area contributed by atoms with E-state index in [1.807, 2.05) is 37.3 Å². The summed E-state index contributed by atoms with van der Waals surface area (Å²) in [6.07, 6.45) is 2.16. The lowest BCUT2D eigenvalue weighted by atomic mass is 10.2. The SMILES string of the molecule is CCCCOC(=O)CCC(=O)COCc1ccccc1. The van der Waals surface area contributed by atoms with Gasteiger partial charge >= 0.3 is 5.97 Å². The predicted molar refractivity (Wildman–Crippen MR) is 76.2 cm³/mol. The Morgan fingerprint density at radius 2 is 1.85 bits per heavy atom. The molecule has 4 nitrogen and oxygen atoms in total. The molecule has 0 spiro atoms. The summed E-state index contributed by atoms with van der Waals surface area (Å²) in [5.74, 6) is -0.386. The average molecular weight is 278 g/mol. The molecule has 1 rings (SSSR count). The maximum atomic E-state index is 11.5. The smallest absolute Gasteiger partial charge is 0.306 e. The van der Waals surface area contributed by atoms with E-state index in [-0.39, 0.29) is 31.2 Å². The molecule has 0 unspecified atom stereocenters. The monoisotopic (exact) mass is 278 g/mol. The second-order valence-corrected chi connectivity index (χ2v) is 4.59. The van der Waals surface area contributed by atoms with Gasteiger partial charge in [-0.25, -0.2) is 0 Å². The number of hydrogen-bond acceptors (Lipinski definition) is 4. The molecule has 0 saturated carbocycles. The first kappa shape index (κ1) is 16.4. The fraction of sp³-hybridized carbons (Fsp3) is 0.500. The van der Waals surface area contributed by atoms with E-state index >= 15 is 0 Å². The fourth-order valence-corrected chi connectivity index (χ4v) is 1.57. The van der Waals surface area contributed by atoms with Gasteiger partial charge in [0.15, 0.2) is 5.78 Å². The van der Waals surface area contributed by atoms with Crippen molar-refractivity contribution in [1.29, 1.82) is 0 Å². The van der Waals surface area contributed by atoms with Gasteiger partial charge in [-0.3, -0.25) is 9.59 Å². The van der Waals surface area contributed by atoms with Crippen LogP contribution in [0.5, 0.6) is 0 Å². The minimum Gasteiger partial charge on any atom is -0.466 e. The van der Waals surface area contributed by atoms with E-state index in [0.29, 0.717) is 13.2 Å². The van der Waals surface area contributed by atoms with E-state index < -0.39 is 0 Å². The van der Waals surface area contributed by atoms with Crippen molar-refractivity contribution in [3.8, 4) is 0 Å². The standard InChI is InChI=1S/C16H22O4/c1-2-3-11-20-16(18)10-9-15(17)13-19-12-14-7-5-4-6-8-14/h4-8H,2-3,9-13H2,1H3. The third kappa shape index (κ3) is 7.69. The summed E-state index contributed by atoms with van der Waals surface area (Å²) < 4.78 is 10.3. The maximum Gasteiger partial charge on any atom is 0.306 e. The molecule has 1 aromatic rings. The van der Waals surface area contributed by atoms with Gasteiger partial charge in [0.25, 0.3) is 0 Å². The van der Waals surface area contributed by atoms with Crippen LogP contribution in [0.15, 0.2) is 30.3 Å². The molecular formula is C16H22O4. The molecule has 0 amide bonds. The second-order valence-electron chi connectivity index (χ2n) is 4.59. The van der Waals surface area contributed by atoms with Gasteiger partial charge in [-0.2, -0.15) is 0 Å². The summed E-state index contributed by atoms with van der Waals surface area (Å²) in [6.45, 7) is 2.92. The molecule has 20 heavy (non-hydrogen) atoms. The van der Waals surface area contributed by atoms with Crippen molar-refractivity contribution in [2.45, 2.75) is 39.2 Å². The number of ketones is 1. The maximum absolute atomic E-state index is 11.5. The first-order chi connectivity index (χ1) is 9.72. The van der Waals surface area contributed by atoms with E-state index in [1.165, 1.54) is 0 Å². The van der Waals surface area contributed by atoms with Gasteiger partial charge in [-0.15, -0.1) is 0 Å². The number of esters is 1. The second kappa shape index (κ2) is 10.1. The highest BCUT2D eigenvalue weighted by Gasteiger charge is 2.08. The number of carbonyl (C=O) groups is 2. The van der Waals surface area contributed by atoms with Gasteiger partial charge in [-0.1, -0.05) is 43.7 Å². The van der Waals surface area contributed by atoms with E-state index in [9.17, 15) is 9.59 Å². The Balaban J connectivity index is 2.07. The van der Waals surface area contributed by atoms with Crippen molar-refractivity contribution in [3.63, 3.8) is 0 Å². The topological polar surface area (TPSA) is 52.6 Å². The van der Waals surface area contributed by atoms with Gasteiger partial charge in [0.2, 0.25) is 0 Å². The van der Waals surface area contributed by atoms with Crippen LogP contribution in [0.3, 0.4) is 0 Å². The Hall–Kier alpha value is -1.68. The van der Waals surface area contributed by atoms with Crippen LogP contribution in [0, 0.1) is 0 Å². The van der Waals surface area contributed by atoms with Gasteiger partial charge in [0, 0.05) is 6.42 Å². The molecule has 0 aliphatic heterocycles. The van der Waals surface area contributed by atoms with E-state index in [4.69, 9.17) is 9.47 Å². The Bertz CT molecular complexity index is 400. The molecule has 0 heterocycles. The van der Waals surface area contributed by atoms with Crippen molar-refractivity contribution in [1.82, 2.24) is 0 Å². The molecule has 0 aliphatic carbocycles. The first-order valence-electron chi connectivity index (χ1n) is 7.01. The molecule has 0 fully saturated rings. The highest BCUT2D eigenvalue weighted by molar-refractivity contribution is 5.83. The first-order valence-corrected chi connectivity index (χ1v) is 7.01. The number of benzene rings is 1. The van der Waals surface area contributed by atoms with Gasteiger partial charge in [0.05, 0.1) is 19.6 Å². The van der Waals surface area contributed by atoms with E-state index in [0.717, 1.165) is 18.4 Å².